The molecule has 0 spiro atoms. The van der Waals surface area contributed by atoms with Gasteiger partial charge >= 0.3 is 12.5 Å². The number of pyridine rings is 1. The minimum Gasteiger partial charge on any atom is -0.492 e. The lowest BCUT2D eigenvalue weighted by atomic mass is 10.2. The van der Waals surface area contributed by atoms with Crippen LogP contribution in [0.25, 0.3) is 0 Å². The van der Waals surface area contributed by atoms with Gasteiger partial charge in [0.2, 0.25) is 0 Å². The fourth-order valence-electron chi connectivity index (χ4n) is 2.20. The second-order valence-electron chi connectivity index (χ2n) is 6.03. The maximum atomic E-state index is 12.8. The fourth-order valence-corrected chi connectivity index (χ4v) is 2.20. The number of benzene rings is 1. The molecule has 0 bridgehead atoms. The molecule has 0 unspecified atom stereocenters. The topological polar surface area (TPSA) is 31.4 Å². The average Bonchev–Trinajstić information content (AvgIpc) is 2.68. The van der Waals surface area contributed by atoms with Gasteiger partial charge in [0, 0.05) is 5.56 Å². The first-order valence-corrected chi connectivity index (χ1v) is 8.96. The van der Waals surface area contributed by atoms with E-state index < -0.39 is 12.5 Å². The molecule has 0 aliphatic heterocycles. The highest BCUT2D eigenvalue weighted by molar-refractivity contribution is 5.42. The number of hydrogen-bond donors (Lipinski definition) is 0. The maximum absolute atomic E-state index is 12.8. The van der Waals surface area contributed by atoms with Crippen molar-refractivity contribution in [3.05, 3.63) is 53.9 Å². The summed E-state index contributed by atoms with van der Waals surface area (Å²) in [5, 5.41) is 0. The van der Waals surface area contributed by atoms with Crippen LogP contribution >= 0.6 is 0 Å². The summed E-state index contributed by atoms with van der Waals surface area (Å²) >= 11 is 0. The molecule has 0 amide bonds. The van der Waals surface area contributed by atoms with E-state index in [-0.39, 0.29) is 5.75 Å². The molecule has 0 fully saturated rings. The molecule has 1 aromatic carbocycles. The molecule has 0 N–H and O–H groups in total. The van der Waals surface area contributed by atoms with Gasteiger partial charge in [0.25, 0.3) is 0 Å². The van der Waals surface area contributed by atoms with Gasteiger partial charge in [-0.15, -0.1) is 0 Å². The Morgan fingerprint density at radius 3 is 2.29 bits per heavy atom. The van der Waals surface area contributed by atoms with Gasteiger partial charge in [-0.3, -0.25) is 0 Å². The third-order valence-electron chi connectivity index (χ3n) is 3.70. The molecule has 1 heterocycles. The number of rotatable bonds is 9. The number of halogens is 4. The normalized spacial score (nSPS) is 11.1. The molecule has 3 nitrogen and oxygen atoms in total. The standard InChI is InChI=1S/C21H21F4NO2/c1-2-3-4-5-14-27-19-13-10-17(26-15-19)9-6-16-7-11-18(12-8-16)28-21(24,25)20(22)23/h7-8,10-13,15,20H,2-5,14H2,1H3. The summed E-state index contributed by atoms with van der Waals surface area (Å²) in [7, 11) is 0. The quantitative estimate of drug-likeness (QED) is 0.311. The highest BCUT2D eigenvalue weighted by Crippen LogP contribution is 2.27. The Hall–Kier alpha value is -2.75. The lowest BCUT2D eigenvalue weighted by Crippen LogP contribution is -2.33. The van der Waals surface area contributed by atoms with Crippen molar-refractivity contribution in [1.29, 1.82) is 0 Å². The number of ether oxygens (including phenoxy) is 2. The van der Waals surface area contributed by atoms with Gasteiger partial charge in [-0.1, -0.05) is 32.1 Å². The Morgan fingerprint density at radius 2 is 1.68 bits per heavy atom. The van der Waals surface area contributed by atoms with Crippen molar-refractivity contribution >= 4 is 0 Å². The number of hydrogen-bond acceptors (Lipinski definition) is 3. The minimum absolute atomic E-state index is 0.366. The van der Waals surface area contributed by atoms with Gasteiger partial charge in [0.15, 0.2) is 0 Å². The second-order valence-corrected chi connectivity index (χ2v) is 6.03. The molecule has 0 saturated carbocycles. The number of nitrogens with zero attached hydrogens (tertiary/aromatic N) is 1. The zero-order valence-electron chi connectivity index (χ0n) is 15.4. The molecular weight excluding hydrogens is 374 g/mol. The van der Waals surface area contributed by atoms with E-state index in [1.54, 1.807) is 18.3 Å². The van der Waals surface area contributed by atoms with Gasteiger partial charge in [-0.25, -0.2) is 4.98 Å². The Bertz CT molecular complexity index is 781. The highest BCUT2D eigenvalue weighted by atomic mass is 19.3. The van der Waals surface area contributed by atoms with Crippen LogP contribution in [-0.4, -0.2) is 24.1 Å². The second kappa shape index (κ2) is 10.5. The van der Waals surface area contributed by atoms with E-state index in [4.69, 9.17) is 4.74 Å². The molecule has 0 saturated heterocycles. The monoisotopic (exact) mass is 395 g/mol. The average molecular weight is 395 g/mol. The molecule has 0 aliphatic rings. The van der Waals surface area contributed by atoms with Crippen LogP contribution in [0.1, 0.15) is 43.9 Å². The molecule has 1 aromatic heterocycles. The van der Waals surface area contributed by atoms with E-state index in [0.717, 1.165) is 25.0 Å². The van der Waals surface area contributed by atoms with Crippen molar-refractivity contribution in [2.24, 2.45) is 0 Å². The van der Waals surface area contributed by atoms with E-state index in [0.29, 0.717) is 23.6 Å². The van der Waals surface area contributed by atoms with E-state index in [2.05, 4.69) is 28.5 Å². The predicted octanol–water partition coefficient (Wildman–Crippen LogP) is 5.68. The van der Waals surface area contributed by atoms with Crippen LogP contribution in [0.3, 0.4) is 0 Å². The van der Waals surface area contributed by atoms with Crippen molar-refractivity contribution in [3.8, 4) is 23.3 Å². The Kier molecular flexibility index (Phi) is 8.12. The van der Waals surface area contributed by atoms with E-state index in [1.807, 2.05) is 0 Å². The molecular formula is C21H21F4NO2. The first-order valence-electron chi connectivity index (χ1n) is 8.96. The smallest absolute Gasteiger partial charge is 0.461 e. The van der Waals surface area contributed by atoms with Crippen molar-refractivity contribution < 1.29 is 27.0 Å². The van der Waals surface area contributed by atoms with Crippen molar-refractivity contribution in [3.63, 3.8) is 0 Å². The van der Waals surface area contributed by atoms with Crippen LogP contribution in [0, 0.1) is 11.8 Å². The van der Waals surface area contributed by atoms with E-state index in [1.165, 1.54) is 25.0 Å². The van der Waals surface area contributed by atoms with Crippen LogP contribution in [0.2, 0.25) is 0 Å². The fraction of sp³-hybridized carbons (Fsp3) is 0.381. The van der Waals surface area contributed by atoms with Crippen LogP contribution in [0.5, 0.6) is 11.5 Å². The van der Waals surface area contributed by atoms with Gasteiger partial charge in [0.1, 0.15) is 17.2 Å². The third-order valence-corrected chi connectivity index (χ3v) is 3.70. The summed E-state index contributed by atoms with van der Waals surface area (Å²) in [6, 6.07) is 8.61. The number of aromatic nitrogens is 1. The molecule has 0 atom stereocenters. The Labute approximate surface area is 161 Å². The zero-order valence-corrected chi connectivity index (χ0v) is 15.4. The minimum atomic E-state index is -4.53. The Morgan fingerprint density at radius 1 is 0.964 bits per heavy atom. The van der Waals surface area contributed by atoms with Gasteiger partial charge < -0.3 is 9.47 Å². The van der Waals surface area contributed by atoms with E-state index >= 15 is 0 Å². The van der Waals surface area contributed by atoms with Gasteiger partial charge in [-0.2, -0.15) is 17.6 Å². The number of alkyl halides is 4. The lowest BCUT2D eigenvalue weighted by molar-refractivity contribution is -0.253. The molecule has 150 valence electrons. The first-order chi connectivity index (χ1) is 13.4. The summed E-state index contributed by atoms with van der Waals surface area (Å²) in [4.78, 5) is 4.19. The summed E-state index contributed by atoms with van der Waals surface area (Å²) < 4.78 is 59.5. The largest absolute Gasteiger partial charge is 0.492 e. The molecule has 2 rings (SSSR count). The number of unbranched alkanes of at least 4 members (excludes halogenated alkanes) is 3. The zero-order chi connectivity index (χ0) is 20.4. The van der Waals surface area contributed by atoms with Gasteiger partial charge in [-0.05, 0) is 48.7 Å². The predicted molar refractivity (Wildman–Crippen MR) is 97.9 cm³/mol. The molecule has 2 aromatic rings. The van der Waals surface area contributed by atoms with Crippen molar-refractivity contribution in [2.75, 3.05) is 6.61 Å². The Balaban J connectivity index is 1.89. The third kappa shape index (κ3) is 7.10. The maximum Gasteiger partial charge on any atom is 0.461 e. The molecule has 28 heavy (non-hydrogen) atoms. The summed E-state index contributed by atoms with van der Waals surface area (Å²) in [5.41, 5.74) is 1.02. The highest BCUT2D eigenvalue weighted by Gasteiger charge is 2.43. The van der Waals surface area contributed by atoms with Crippen molar-refractivity contribution in [2.45, 2.75) is 45.1 Å². The van der Waals surface area contributed by atoms with Crippen LogP contribution in [-0.2, 0) is 0 Å². The summed E-state index contributed by atoms with van der Waals surface area (Å²) in [6.45, 7) is 2.80. The van der Waals surface area contributed by atoms with E-state index in [9.17, 15) is 17.6 Å². The van der Waals surface area contributed by atoms with Crippen LogP contribution in [0.4, 0.5) is 17.6 Å². The summed E-state index contributed by atoms with van der Waals surface area (Å²) in [6.07, 6.45) is -2.34. The lowest BCUT2D eigenvalue weighted by Gasteiger charge is -2.16. The summed E-state index contributed by atoms with van der Waals surface area (Å²) in [5.74, 6) is 5.95. The van der Waals surface area contributed by atoms with Crippen molar-refractivity contribution in [1.82, 2.24) is 4.98 Å². The van der Waals surface area contributed by atoms with Crippen LogP contribution < -0.4 is 9.47 Å². The molecule has 0 aliphatic carbocycles. The SMILES string of the molecule is CCCCCCOc1ccc(C#Cc2ccc(OC(F)(F)C(F)F)cc2)nc1. The molecule has 0 radical (unpaired) electrons. The van der Waals surface area contributed by atoms with Gasteiger partial charge in [0.05, 0.1) is 12.8 Å². The molecule has 7 heteroatoms. The first kappa shape index (κ1) is 21.5. The van der Waals surface area contributed by atoms with Crippen LogP contribution in [0.15, 0.2) is 42.6 Å².